The summed E-state index contributed by atoms with van der Waals surface area (Å²) < 4.78 is 32.9. The molecule has 164 valence electrons. The number of aryl methyl sites for hydroxylation is 2. The third-order valence-corrected chi connectivity index (χ3v) is 7.35. The number of nitrogens with zero attached hydrogens (tertiary/aromatic N) is 2. The number of carbonyl (C=O) groups excluding carboxylic acids is 1. The highest BCUT2D eigenvalue weighted by molar-refractivity contribution is 7.89. The molecule has 2 aromatic carbocycles. The average molecular weight is 462 g/mol. The van der Waals surface area contributed by atoms with Crippen molar-refractivity contribution in [3.05, 3.63) is 64.4 Å². The van der Waals surface area contributed by atoms with Crippen LogP contribution in [0.1, 0.15) is 35.5 Å². The van der Waals surface area contributed by atoms with E-state index in [1.807, 2.05) is 0 Å². The highest BCUT2D eigenvalue weighted by atomic mass is 35.5. The van der Waals surface area contributed by atoms with E-state index in [1.54, 1.807) is 70.2 Å². The van der Waals surface area contributed by atoms with Gasteiger partial charge in [0.25, 0.3) is 5.91 Å². The Morgan fingerprint density at radius 1 is 1.13 bits per heavy atom. The van der Waals surface area contributed by atoms with Gasteiger partial charge in [-0.2, -0.15) is 4.31 Å². The third-order valence-electron chi connectivity index (χ3n) is 4.93. The molecule has 9 heteroatoms. The minimum absolute atomic E-state index is 0.0398. The monoisotopic (exact) mass is 461 g/mol. The van der Waals surface area contributed by atoms with Gasteiger partial charge < -0.3 is 9.84 Å². The van der Waals surface area contributed by atoms with Crippen LogP contribution in [0.5, 0.6) is 0 Å². The van der Waals surface area contributed by atoms with Crippen LogP contribution in [0.25, 0.3) is 11.3 Å². The first-order valence-electron chi connectivity index (χ1n) is 9.84. The van der Waals surface area contributed by atoms with Crippen molar-refractivity contribution >= 4 is 33.2 Å². The first-order chi connectivity index (χ1) is 14.7. The summed E-state index contributed by atoms with van der Waals surface area (Å²) in [5, 5.41) is 7.16. The maximum atomic E-state index is 13.2. The number of anilines is 1. The zero-order valence-corrected chi connectivity index (χ0v) is 19.3. The predicted octanol–water partition coefficient (Wildman–Crippen LogP) is 4.89. The summed E-state index contributed by atoms with van der Waals surface area (Å²) in [6, 6.07) is 11.9. The number of nitrogens with one attached hydrogen (secondary N) is 1. The fourth-order valence-electron chi connectivity index (χ4n) is 3.31. The van der Waals surface area contributed by atoms with E-state index in [2.05, 4.69) is 10.5 Å². The Morgan fingerprint density at radius 3 is 2.45 bits per heavy atom. The van der Waals surface area contributed by atoms with Crippen LogP contribution >= 0.6 is 11.6 Å². The van der Waals surface area contributed by atoms with Crippen LogP contribution in [-0.4, -0.2) is 36.9 Å². The van der Waals surface area contributed by atoms with Gasteiger partial charge in [-0.1, -0.05) is 54.9 Å². The van der Waals surface area contributed by atoms with Crippen LogP contribution in [0, 0.1) is 13.8 Å². The summed E-state index contributed by atoms with van der Waals surface area (Å²) in [7, 11) is -3.79. The summed E-state index contributed by atoms with van der Waals surface area (Å²) >= 11 is 6.28. The molecule has 0 atom stereocenters. The lowest BCUT2D eigenvalue weighted by atomic mass is 10.1. The summed E-state index contributed by atoms with van der Waals surface area (Å²) in [5.41, 5.74) is 1.99. The van der Waals surface area contributed by atoms with Gasteiger partial charge >= 0.3 is 0 Å². The molecule has 7 nitrogen and oxygen atoms in total. The Kier molecular flexibility index (Phi) is 6.83. The number of carbonyl (C=O) groups is 1. The number of aromatic nitrogens is 1. The molecule has 0 fully saturated rings. The van der Waals surface area contributed by atoms with Crippen LogP contribution in [0.2, 0.25) is 5.02 Å². The van der Waals surface area contributed by atoms with Gasteiger partial charge in [-0.15, -0.1) is 0 Å². The smallest absolute Gasteiger partial charge is 0.261 e. The normalized spacial score (nSPS) is 11.7. The van der Waals surface area contributed by atoms with Crippen molar-refractivity contribution < 1.29 is 17.7 Å². The second-order valence-corrected chi connectivity index (χ2v) is 9.30. The fraction of sp³-hybridized carbons (Fsp3) is 0.273. The molecular formula is C22H24ClN3O4S. The topological polar surface area (TPSA) is 92.5 Å². The molecule has 0 aliphatic rings. The summed E-state index contributed by atoms with van der Waals surface area (Å²) in [4.78, 5) is 13.3. The summed E-state index contributed by atoms with van der Waals surface area (Å²) in [6.45, 7) is 7.59. The van der Waals surface area contributed by atoms with E-state index < -0.39 is 15.9 Å². The van der Waals surface area contributed by atoms with Gasteiger partial charge in [-0.25, -0.2) is 8.42 Å². The lowest BCUT2D eigenvalue weighted by Gasteiger charge is -2.21. The van der Waals surface area contributed by atoms with Crippen molar-refractivity contribution in [1.29, 1.82) is 0 Å². The quantitative estimate of drug-likeness (QED) is 0.540. The standard InChI is InChI=1S/C22H24ClN3O4S/c1-5-26(6-2)31(28,29)19-13-14(3)11-12-18(19)24-22(27)20-15(4)30-25-21(20)16-9-7-8-10-17(16)23/h7-13H,5-6H2,1-4H3,(H,24,27). The Hall–Kier alpha value is -2.68. The molecule has 1 amide bonds. The number of sulfonamides is 1. The van der Waals surface area contributed by atoms with Crippen LogP contribution < -0.4 is 5.32 Å². The molecule has 3 aromatic rings. The number of hydrogen-bond acceptors (Lipinski definition) is 5. The van der Waals surface area contributed by atoms with Gasteiger partial charge in [0.2, 0.25) is 10.0 Å². The van der Waals surface area contributed by atoms with Crippen LogP contribution in [0.3, 0.4) is 0 Å². The van der Waals surface area contributed by atoms with E-state index in [9.17, 15) is 13.2 Å². The molecule has 3 rings (SSSR count). The van der Waals surface area contributed by atoms with Gasteiger partial charge in [0.15, 0.2) is 0 Å². The predicted molar refractivity (Wildman–Crippen MR) is 121 cm³/mol. The van der Waals surface area contributed by atoms with E-state index in [-0.39, 0.29) is 16.1 Å². The number of benzene rings is 2. The minimum atomic E-state index is -3.79. The van der Waals surface area contributed by atoms with Gasteiger partial charge in [0.05, 0.1) is 10.7 Å². The van der Waals surface area contributed by atoms with Crippen LogP contribution in [-0.2, 0) is 10.0 Å². The molecule has 1 heterocycles. The van der Waals surface area contributed by atoms with E-state index >= 15 is 0 Å². The number of amides is 1. The highest BCUT2D eigenvalue weighted by Crippen LogP contribution is 2.32. The van der Waals surface area contributed by atoms with Gasteiger partial charge in [-0.05, 0) is 37.6 Å². The minimum Gasteiger partial charge on any atom is -0.360 e. The number of rotatable bonds is 7. The van der Waals surface area contributed by atoms with Crippen molar-refractivity contribution in [2.45, 2.75) is 32.6 Å². The van der Waals surface area contributed by atoms with E-state index in [1.165, 1.54) is 4.31 Å². The van der Waals surface area contributed by atoms with Gasteiger partial charge in [-0.3, -0.25) is 4.79 Å². The number of halogens is 1. The van der Waals surface area contributed by atoms with Gasteiger partial charge in [0.1, 0.15) is 21.9 Å². The highest BCUT2D eigenvalue weighted by Gasteiger charge is 2.28. The average Bonchev–Trinajstić information content (AvgIpc) is 3.11. The summed E-state index contributed by atoms with van der Waals surface area (Å²) in [5.74, 6) is -0.235. The molecule has 1 N–H and O–H groups in total. The Bertz CT molecular complexity index is 1220. The lowest BCUT2D eigenvalue weighted by Crippen LogP contribution is -2.31. The van der Waals surface area contributed by atoms with Crippen molar-refractivity contribution in [2.24, 2.45) is 0 Å². The van der Waals surface area contributed by atoms with E-state index in [4.69, 9.17) is 16.1 Å². The molecule has 31 heavy (non-hydrogen) atoms. The third kappa shape index (κ3) is 4.51. The van der Waals surface area contributed by atoms with Crippen molar-refractivity contribution in [2.75, 3.05) is 18.4 Å². The number of hydrogen-bond donors (Lipinski definition) is 1. The van der Waals surface area contributed by atoms with E-state index in [0.717, 1.165) is 5.56 Å². The summed E-state index contributed by atoms with van der Waals surface area (Å²) in [6.07, 6.45) is 0. The first-order valence-corrected chi connectivity index (χ1v) is 11.7. The molecule has 0 radical (unpaired) electrons. The van der Waals surface area contributed by atoms with Crippen molar-refractivity contribution in [3.63, 3.8) is 0 Å². The molecule has 0 saturated heterocycles. The second kappa shape index (κ2) is 9.21. The molecule has 0 saturated carbocycles. The Labute approximate surface area is 187 Å². The molecule has 1 aromatic heterocycles. The molecule has 0 aliphatic heterocycles. The maximum Gasteiger partial charge on any atom is 0.261 e. The SMILES string of the molecule is CCN(CC)S(=O)(=O)c1cc(C)ccc1NC(=O)c1c(-c2ccccc2Cl)noc1C. The van der Waals surface area contributed by atoms with Gasteiger partial charge in [0, 0.05) is 18.7 Å². The largest absolute Gasteiger partial charge is 0.360 e. The maximum absolute atomic E-state index is 13.2. The van der Waals surface area contributed by atoms with Crippen molar-refractivity contribution in [1.82, 2.24) is 9.46 Å². The zero-order chi connectivity index (χ0) is 22.8. The van der Waals surface area contributed by atoms with E-state index in [0.29, 0.717) is 35.1 Å². The lowest BCUT2D eigenvalue weighted by molar-refractivity contribution is 0.102. The second-order valence-electron chi connectivity index (χ2n) is 6.99. The fourth-order valence-corrected chi connectivity index (χ4v) is 5.23. The zero-order valence-electron chi connectivity index (χ0n) is 17.8. The molecule has 0 unspecified atom stereocenters. The molecular weight excluding hydrogens is 438 g/mol. The first kappa shape index (κ1) is 23.0. The van der Waals surface area contributed by atoms with Crippen LogP contribution in [0.15, 0.2) is 51.9 Å². The Balaban J connectivity index is 2.06. The molecule has 0 bridgehead atoms. The Morgan fingerprint density at radius 2 is 1.81 bits per heavy atom. The van der Waals surface area contributed by atoms with Crippen molar-refractivity contribution in [3.8, 4) is 11.3 Å². The molecule has 0 spiro atoms. The molecule has 0 aliphatic carbocycles. The van der Waals surface area contributed by atoms with Crippen LogP contribution in [0.4, 0.5) is 5.69 Å².